The van der Waals surface area contributed by atoms with E-state index < -0.39 is 17.6 Å². The number of alkyl halides is 2. The highest BCUT2D eigenvalue weighted by molar-refractivity contribution is 5.79. The minimum atomic E-state index is -3.42. The minimum absolute atomic E-state index is 0.00155. The zero-order valence-corrected chi connectivity index (χ0v) is 28.2. The largest absolute Gasteiger partial charge is 0.382 e. The predicted octanol–water partition coefficient (Wildman–Crippen LogP) is 8.69. The van der Waals surface area contributed by atoms with Crippen molar-refractivity contribution in [2.45, 2.75) is 68.6 Å². The van der Waals surface area contributed by atoms with Gasteiger partial charge in [-0.15, -0.1) is 5.11 Å². The highest BCUT2D eigenvalue weighted by Crippen LogP contribution is 2.41. The van der Waals surface area contributed by atoms with Crippen LogP contribution in [0.3, 0.4) is 0 Å². The molecule has 0 spiro atoms. The summed E-state index contributed by atoms with van der Waals surface area (Å²) in [5.41, 5.74) is 2.25. The second-order valence-electron chi connectivity index (χ2n) is 12.6. The molecule has 7 nitrogen and oxygen atoms in total. The molecule has 1 aliphatic rings. The lowest BCUT2D eigenvalue weighted by Crippen LogP contribution is -2.49. The van der Waals surface area contributed by atoms with Crippen molar-refractivity contribution >= 4 is 5.91 Å². The number of rotatable bonds is 17. The van der Waals surface area contributed by atoms with Crippen LogP contribution in [0, 0.1) is 0 Å². The fourth-order valence-corrected chi connectivity index (χ4v) is 6.56. The first-order chi connectivity index (χ1) is 24.2. The van der Waals surface area contributed by atoms with Gasteiger partial charge < -0.3 is 10.0 Å². The maximum absolute atomic E-state index is 14.7. The molecule has 50 heavy (non-hydrogen) atoms. The Hall–Kier alpha value is -4.99. The van der Waals surface area contributed by atoms with Crippen molar-refractivity contribution in [3.05, 3.63) is 168 Å². The van der Waals surface area contributed by atoms with Gasteiger partial charge in [-0.25, -0.2) is 5.84 Å². The lowest BCUT2D eigenvalue weighted by Gasteiger charge is -2.40. The number of allylic oxidation sites excluding steroid dienone is 1. The number of nitrogens with two attached hydrogens (primary N) is 1. The van der Waals surface area contributed by atoms with E-state index in [9.17, 15) is 18.7 Å². The summed E-state index contributed by atoms with van der Waals surface area (Å²) in [6, 6.07) is 37.0. The Labute approximate surface area is 293 Å². The van der Waals surface area contributed by atoms with Crippen LogP contribution in [-0.2, 0) is 16.3 Å². The molecule has 3 N–H and O–H groups in total. The minimum Gasteiger partial charge on any atom is -0.382 e. The molecular weight excluding hydrogens is 632 g/mol. The summed E-state index contributed by atoms with van der Waals surface area (Å²) in [7, 11) is 0. The summed E-state index contributed by atoms with van der Waals surface area (Å²) in [6.45, 7) is 4.65. The number of nitrogens with zero attached hydrogens (tertiary/aromatic N) is 4. The molecule has 4 aromatic carbocycles. The fraction of sp³-hybridized carbons (Fsp3) is 0.293. The van der Waals surface area contributed by atoms with Gasteiger partial charge in [-0.1, -0.05) is 158 Å². The smallest absolute Gasteiger partial charge is 0.302 e. The Morgan fingerprint density at radius 2 is 1.32 bits per heavy atom. The van der Waals surface area contributed by atoms with Gasteiger partial charge in [0.2, 0.25) is 5.91 Å². The summed E-state index contributed by atoms with van der Waals surface area (Å²) < 4.78 is 29.4. The van der Waals surface area contributed by atoms with E-state index in [0.29, 0.717) is 31.5 Å². The van der Waals surface area contributed by atoms with E-state index in [4.69, 9.17) is 5.84 Å². The molecule has 1 aliphatic heterocycles. The number of aliphatic hydroxyl groups excluding tert-OH is 1. The number of hydrogen-bond donors (Lipinski definition) is 2. The van der Waals surface area contributed by atoms with Gasteiger partial charge in [0.05, 0.1) is 11.7 Å². The van der Waals surface area contributed by atoms with Crippen molar-refractivity contribution in [2.24, 2.45) is 16.2 Å². The Morgan fingerprint density at radius 1 is 0.840 bits per heavy atom. The van der Waals surface area contributed by atoms with Crippen LogP contribution in [0.2, 0.25) is 0 Å². The van der Waals surface area contributed by atoms with Crippen molar-refractivity contribution in [1.29, 1.82) is 0 Å². The number of carbonyl (C=O) groups is 1. The van der Waals surface area contributed by atoms with Crippen LogP contribution in [0.4, 0.5) is 8.78 Å². The Balaban J connectivity index is 1.14. The van der Waals surface area contributed by atoms with Crippen molar-refractivity contribution < 1.29 is 18.7 Å². The third-order valence-electron chi connectivity index (χ3n) is 9.24. The Morgan fingerprint density at radius 3 is 1.84 bits per heavy atom. The monoisotopic (exact) mass is 677 g/mol. The molecule has 2 atom stereocenters. The van der Waals surface area contributed by atoms with Gasteiger partial charge in [0.1, 0.15) is 6.10 Å². The van der Waals surface area contributed by atoms with Crippen LogP contribution >= 0.6 is 0 Å². The highest BCUT2D eigenvalue weighted by atomic mass is 19.3. The maximum atomic E-state index is 14.7. The van der Waals surface area contributed by atoms with Crippen LogP contribution in [0.25, 0.3) is 0 Å². The third kappa shape index (κ3) is 8.41. The molecule has 0 unspecified atom stereocenters. The first kappa shape index (κ1) is 36.3. The number of aliphatic hydroxyl groups is 1. The second-order valence-corrected chi connectivity index (χ2v) is 12.6. The molecule has 0 saturated carbocycles. The van der Waals surface area contributed by atoms with Gasteiger partial charge >= 0.3 is 5.92 Å². The first-order valence-electron chi connectivity index (χ1n) is 17.1. The van der Waals surface area contributed by atoms with Crippen LogP contribution in [-0.4, -0.2) is 39.7 Å². The molecular formula is C41H45F2N5O2. The van der Waals surface area contributed by atoms with E-state index in [1.54, 1.807) is 17.0 Å². The van der Waals surface area contributed by atoms with E-state index in [1.165, 1.54) is 29.4 Å². The molecule has 1 saturated heterocycles. The van der Waals surface area contributed by atoms with Crippen LogP contribution in [0.5, 0.6) is 0 Å². The number of benzene rings is 4. The van der Waals surface area contributed by atoms with E-state index >= 15 is 0 Å². The maximum Gasteiger partial charge on any atom is 0.302 e. The normalized spacial score (nSPS) is 16.0. The van der Waals surface area contributed by atoms with Gasteiger partial charge in [-0.3, -0.25) is 4.79 Å². The average molecular weight is 678 g/mol. The summed E-state index contributed by atoms with van der Waals surface area (Å²) in [5.74, 6) is 3.38. The van der Waals surface area contributed by atoms with Crippen molar-refractivity contribution in [3.63, 3.8) is 0 Å². The summed E-state index contributed by atoms with van der Waals surface area (Å²) in [4.78, 5) is 14.3. The standard InChI is InChI=1S/C41H45F2N5O2/c1-32(45-46-48(44)40(33-19-9-4-10-20-33,34-21-11-5-12-22-34)35-23-13-6-14-24-35)18-8-2-3-17-31-47-37(28-30-39(47)50)27-29-38(49)41(42,43)36-25-15-7-16-26-36/h4-7,9-16,19-27,29,37-38,49H,1-3,8,17-18,28,30-31,44H2/b29-27+,46-45?/t37-,38+/m0/s1. The van der Waals surface area contributed by atoms with Gasteiger partial charge in [-0.05, 0) is 42.4 Å². The average Bonchev–Trinajstić information content (AvgIpc) is 3.51. The number of unbranched alkanes of at least 4 members (excludes halogenated alkanes) is 3. The molecule has 1 fully saturated rings. The molecule has 0 aromatic heterocycles. The van der Waals surface area contributed by atoms with E-state index in [2.05, 4.69) is 16.9 Å². The zero-order valence-electron chi connectivity index (χ0n) is 28.2. The van der Waals surface area contributed by atoms with Crippen molar-refractivity contribution in [1.82, 2.24) is 10.0 Å². The SMILES string of the molecule is C=C(CCCCCCN1C(=O)CC[C@@H]1/C=C/[C@@H](O)C(F)(F)c1ccccc1)N=NN(N)C(c1ccccc1)(c1ccccc1)c1ccccc1. The molecule has 260 valence electrons. The van der Waals surface area contributed by atoms with Gasteiger partial charge in [-0.2, -0.15) is 13.9 Å². The molecule has 5 rings (SSSR count). The summed E-state index contributed by atoms with van der Waals surface area (Å²) in [6.07, 6.45) is 5.61. The van der Waals surface area contributed by atoms with E-state index in [-0.39, 0.29) is 17.5 Å². The lowest BCUT2D eigenvalue weighted by atomic mass is 9.77. The zero-order chi connectivity index (χ0) is 35.4. The number of hydrogen-bond acceptors (Lipinski definition) is 5. The molecule has 0 bridgehead atoms. The predicted molar refractivity (Wildman–Crippen MR) is 193 cm³/mol. The number of amides is 1. The number of halogens is 2. The molecule has 0 aliphatic carbocycles. The quantitative estimate of drug-likeness (QED) is 0.0292. The Kier molecular flexibility index (Phi) is 12.4. The highest BCUT2D eigenvalue weighted by Gasteiger charge is 2.42. The summed E-state index contributed by atoms with van der Waals surface area (Å²) in [5, 5.41) is 20.6. The van der Waals surface area contributed by atoms with Gasteiger partial charge in [0.25, 0.3) is 0 Å². The topological polar surface area (TPSA) is 94.5 Å². The molecule has 9 heteroatoms. The van der Waals surface area contributed by atoms with Crippen LogP contribution < -0.4 is 5.84 Å². The fourth-order valence-electron chi connectivity index (χ4n) is 6.56. The lowest BCUT2D eigenvalue weighted by molar-refractivity contribution is -0.128. The number of hydrazine groups is 1. The Bertz CT molecular complexity index is 1620. The summed E-state index contributed by atoms with van der Waals surface area (Å²) >= 11 is 0. The van der Waals surface area contributed by atoms with Crippen LogP contribution in [0.15, 0.2) is 156 Å². The molecule has 4 aromatic rings. The van der Waals surface area contributed by atoms with Crippen molar-refractivity contribution in [2.75, 3.05) is 6.54 Å². The van der Waals surface area contributed by atoms with Crippen molar-refractivity contribution in [3.8, 4) is 0 Å². The molecule has 1 amide bonds. The first-order valence-corrected chi connectivity index (χ1v) is 17.1. The van der Waals surface area contributed by atoms with E-state index in [0.717, 1.165) is 48.4 Å². The third-order valence-corrected chi connectivity index (χ3v) is 9.24. The molecule has 0 radical (unpaired) electrons. The van der Waals surface area contributed by atoms with Gasteiger partial charge in [0.15, 0.2) is 5.54 Å². The van der Waals surface area contributed by atoms with E-state index in [1.807, 2.05) is 91.0 Å². The second kappa shape index (κ2) is 17.1. The number of carbonyl (C=O) groups excluding carboxylic acids is 1. The molecule has 1 heterocycles. The van der Waals surface area contributed by atoms with Crippen LogP contribution in [0.1, 0.15) is 67.2 Å². The number of likely N-dealkylation sites (tertiary alicyclic amines) is 1. The van der Waals surface area contributed by atoms with Gasteiger partial charge in [0, 0.05) is 18.5 Å².